The number of rotatable bonds is 8. The molecule has 0 aromatic carbocycles. The van der Waals surface area contributed by atoms with Crippen molar-refractivity contribution in [3.8, 4) is 0 Å². The molecule has 0 heterocycles. The van der Waals surface area contributed by atoms with Crippen LogP contribution in [0.1, 0.15) is 92.4 Å². The maximum Gasteiger partial charge on any atom is 0.165 e. The molecule has 0 bridgehead atoms. The van der Waals surface area contributed by atoms with Gasteiger partial charge >= 0.3 is 0 Å². The average molecular weight is 435 g/mol. The Kier molecular flexibility index (Phi) is 7.76. The van der Waals surface area contributed by atoms with Gasteiger partial charge in [0.15, 0.2) is 5.78 Å². The number of fused-ring (bicyclic) bond motifs is 1. The molecule has 0 radical (unpaired) electrons. The van der Waals surface area contributed by atoms with Crippen LogP contribution in [0.2, 0.25) is 0 Å². The van der Waals surface area contributed by atoms with Crippen molar-refractivity contribution in [1.82, 2.24) is 0 Å². The van der Waals surface area contributed by atoms with Crippen LogP contribution in [0.25, 0.3) is 0 Å². The van der Waals surface area contributed by atoms with Crippen molar-refractivity contribution >= 4 is 5.78 Å². The van der Waals surface area contributed by atoms with Crippen molar-refractivity contribution in [2.45, 2.75) is 105 Å². The highest BCUT2D eigenvalue weighted by atomic mass is 16.3. The summed E-state index contributed by atoms with van der Waals surface area (Å²) >= 11 is 0. The largest absolute Gasteiger partial charge is 0.396 e. The van der Waals surface area contributed by atoms with Crippen LogP contribution in [-0.4, -0.2) is 39.9 Å². The summed E-state index contributed by atoms with van der Waals surface area (Å²) in [6.45, 7) is 11.3. The fraction of sp³-hybridized carbons (Fsp3) is 0.889. The van der Waals surface area contributed by atoms with E-state index in [4.69, 9.17) is 0 Å². The fourth-order valence-electron chi connectivity index (χ4n) is 7.46. The lowest BCUT2D eigenvalue weighted by Gasteiger charge is -2.49. The highest BCUT2D eigenvalue weighted by Gasteiger charge is 2.56. The summed E-state index contributed by atoms with van der Waals surface area (Å²) in [5, 5.41) is 31.1. The Morgan fingerprint density at radius 3 is 2.45 bits per heavy atom. The van der Waals surface area contributed by atoms with Gasteiger partial charge in [0.1, 0.15) is 0 Å². The second-order valence-electron chi connectivity index (χ2n) is 11.9. The highest BCUT2D eigenvalue weighted by molar-refractivity contribution is 6.01. The number of carbonyl (C=O) groups is 1. The zero-order valence-corrected chi connectivity index (χ0v) is 20.4. The van der Waals surface area contributed by atoms with Crippen molar-refractivity contribution in [1.29, 1.82) is 0 Å². The lowest BCUT2D eigenvalue weighted by atomic mass is 9.55. The molecule has 3 aliphatic carbocycles. The van der Waals surface area contributed by atoms with Crippen molar-refractivity contribution < 1.29 is 20.1 Å². The summed E-state index contributed by atoms with van der Waals surface area (Å²) in [7, 11) is 0. The van der Waals surface area contributed by atoms with Crippen molar-refractivity contribution in [3.05, 3.63) is 11.6 Å². The standard InChI is InChI=1S/C27H46O4/c1-17(2)7-6-8-18(3)21-9-10-22(26(21,4)13-14-28)20-16-24(30)23-15-19(29)11-12-27(23,5)25(20)31/h16-19,21-24,28-30H,6-15H2,1-5H3/t18-,19?,21-,22?,23?,24?,26-,27+/m1/s1. The number of allylic oxidation sites excluding steroid dienone is 1. The third-order valence-corrected chi connectivity index (χ3v) is 9.45. The van der Waals surface area contributed by atoms with Crippen LogP contribution < -0.4 is 0 Å². The quantitative estimate of drug-likeness (QED) is 0.508. The molecule has 0 aromatic heterocycles. The number of aliphatic hydroxyl groups excluding tert-OH is 3. The SMILES string of the molecule is CC(C)CCC[C@@H](C)[C@H]1CCC(C2=CC(O)C3CC(O)CC[C@]3(C)C2=O)[C@]1(C)CCO. The van der Waals surface area contributed by atoms with E-state index in [2.05, 4.69) is 27.7 Å². The second kappa shape index (κ2) is 9.65. The lowest BCUT2D eigenvalue weighted by Crippen LogP contribution is -2.52. The fourth-order valence-corrected chi connectivity index (χ4v) is 7.46. The van der Waals surface area contributed by atoms with Gasteiger partial charge in [-0.05, 0) is 79.3 Å². The molecule has 8 atom stereocenters. The average Bonchev–Trinajstić information content (AvgIpc) is 3.03. The second-order valence-corrected chi connectivity index (χ2v) is 11.9. The van der Waals surface area contributed by atoms with Gasteiger partial charge in [-0.3, -0.25) is 4.79 Å². The van der Waals surface area contributed by atoms with Crippen molar-refractivity contribution in [2.24, 2.45) is 40.4 Å². The van der Waals surface area contributed by atoms with Gasteiger partial charge in [-0.2, -0.15) is 0 Å². The lowest BCUT2D eigenvalue weighted by molar-refractivity contribution is -0.138. The molecule has 0 aromatic rings. The first-order valence-electron chi connectivity index (χ1n) is 12.8. The number of carbonyl (C=O) groups excluding carboxylic acids is 1. The highest BCUT2D eigenvalue weighted by Crippen LogP contribution is 2.59. The summed E-state index contributed by atoms with van der Waals surface area (Å²) in [5.74, 6) is 1.88. The molecule has 4 unspecified atom stereocenters. The molecule has 2 fully saturated rings. The minimum Gasteiger partial charge on any atom is -0.396 e. The predicted molar refractivity (Wildman–Crippen MR) is 124 cm³/mol. The Morgan fingerprint density at radius 2 is 1.81 bits per heavy atom. The van der Waals surface area contributed by atoms with Crippen LogP contribution in [0.4, 0.5) is 0 Å². The summed E-state index contributed by atoms with van der Waals surface area (Å²) in [6.07, 6.45) is 8.95. The number of aliphatic hydroxyl groups is 3. The predicted octanol–water partition coefficient (Wildman–Crippen LogP) is 4.90. The van der Waals surface area contributed by atoms with Crippen LogP contribution in [0.5, 0.6) is 0 Å². The zero-order valence-electron chi connectivity index (χ0n) is 20.4. The number of ketones is 1. The third kappa shape index (κ3) is 4.68. The van der Waals surface area contributed by atoms with Gasteiger partial charge in [-0.15, -0.1) is 0 Å². The smallest absolute Gasteiger partial charge is 0.165 e. The Morgan fingerprint density at radius 1 is 1.10 bits per heavy atom. The third-order valence-electron chi connectivity index (χ3n) is 9.45. The molecule has 178 valence electrons. The van der Waals surface area contributed by atoms with E-state index < -0.39 is 17.6 Å². The molecule has 0 saturated heterocycles. The van der Waals surface area contributed by atoms with Gasteiger partial charge < -0.3 is 15.3 Å². The van der Waals surface area contributed by atoms with Crippen LogP contribution in [0.15, 0.2) is 11.6 Å². The van der Waals surface area contributed by atoms with E-state index in [9.17, 15) is 20.1 Å². The van der Waals surface area contributed by atoms with Crippen molar-refractivity contribution in [2.75, 3.05) is 6.61 Å². The normalized spacial score (nSPS) is 41.9. The van der Waals surface area contributed by atoms with E-state index in [1.165, 1.54) is 19.3 Å². The first-order chi connectivity index (χ1) is 14.5. The van der Waals surface area contributed by atoms with Crippen LogP contribution in [-0.2, 0) is 4.79 Å². The molecule has 3 aliphatic rings. The molecular weight excluding hydrogens is 388 g/mol. The van der Waals surface area contributed by atoms with Gasteiger partial charge in [-0.1, -0.05) is 53.9 Å². The van der Waals surface area contributed by atoms with E-state index in [1.54, 1.807) is 0 Å². The maximum atomic E-state index is 13.8. The molecule has 2 saturated carbocycles. The first kappa shape index (κ1) is 24.9. The van der Waals surface area contributed by atoms with Gasteiger partial charge in [0, 0.05) is 17.9 Å². The van der Waals surface area contributed by atoms with Gasteiger partial charge in [0.25, 0.3) is 0 Å². The number of hydrogen-bond donors (Lipinski definition) is 3. The van der Waals surface area contributed by atoms with Crippen LogP contribution in [0, 0.1) is 40.4 Å². The van der Waals surface area contributed by atoms with E-state index in [0.29, 0.717) is 37.5 Å². The van der Waals surface area contributed by atoms with Crippen molar-refractivity contribution in [3.63, 3.8) is 0 Å². The summed E-state index contributed by atoms with van der Waals surface area (Å²) < 4.78 is 0. The van der Waals surface area contributed by atoms with Gasteiger partial charge in [-0.25, -0.2) is 0 Å². The van der Waals surface area contributed by atoms with E-state index >= 15 is 0 Å². The van der Waals surface area contributed by atoms with Crippen LogP contribution in [0.3, 0.4) is 0 Å². The summed E-state index contributed by atoms with van der Waals surface area (Å²) in [4.78, 5) is 13.8. The molecule has 0 amide bonds. The zero-order chi connectivity index (χ0) is 23.0. The Hall–Kier alpha value is -0.710. The summed E-state index contributed by atoms with van der Waals surface area (Å²) in [5.41, 5.74) is 0.115. The Bertz CT molecular complexity index is 670. The molecule has 4 nitrogen and oxygen atoms in total. The van der Waals surface area contributed by atoms with Gasteiger partial charge in [0.2, 0.25) is 0 Å². The Balaban J connectivity index is 1.85. The van der Waals surface area contributed by atoms with Crippen LogP contribution >= 0.6 is 0 Å². The molecular formula is C27H46O4. The molecule has 3 rings (SSSR count). The molecule has 0 aliphatic heterocycles. The summed E-state index contributed by atoms with van der Waals surface area (Å²) in [6, 6.07) is 0. The minimum atomic E-state index is -0.673. The first-order valence-corrected chi connectivity index (χ1v) is 12.8. The Labute approximate surface area is 189 Å². The monoisotopic (exact) mass is 434 g/mol. The van der Waals surface area contributed by atoms with E-state index in [1.807, 2.05) is 13.0 Å². The molecule has 31 heavy (non-hydrogen) atoms. The molecule has 0 spiro atoms. The van der Waals surface area contributed by atoms with E-state index in [0.717, 1.165) is 24.3 Å². The van der Waals surface area contributed by atoms with Gasteiger partial charge in [0.05, 0.1) is 12.2 Å². The van der Waals surface area contributed by atoms with E-state index in [-0.39, 0.29) is 29.6 Å². The number of hydrogen-bond acceptors (Lipinski definition) is 4. The molecule has 3 N–H and O–H groups in total. The maximum absolute atomic E-state index is 13.8. The molecule has 4 heteroatoms. The number of Topliss-reactive ketones (excluding diaryl/α,β-unsaturated/α-hetero) is 1. The minimum absolute atomic E-state index is 0.101. The topological polar surface area (TPSA) is 77.8 Å².